The molecule has 0 radical (unpaired) electrons. The van der Waals surface area contributed by atoms with Gasteiger partial charge in [0, 0.05) is 10.0 Å². The van der Waals surface area contributed by atoms with Gasteiger partial charge < -0.3 is 18.9 Å². The standard InChI is InChI=1S/C31H28Br2N2O5/c1-3-38-29-17-23(18-34-35-31(36)24-10-12-25(32)13-11-24)15-26(33)30(29)40-20-22-9-14-27(28(16-22)37-2)39-19-21-7-5-4-6-8-21/h4-18H,3,19-20H2,1-2H3,(H,35,36)/b34-18+. The number of halogens is 2. The second-order valence-corrected chi connectivity index (χ2v) is 10.3. The third-order valence-corrected chi connectivity index (χ3v) is 6.78. The van der Waals surface area contributed by atoms with E-state index >= 15 is 0 Å². The van der Waals surface area contributed by atoms with Crippen LogP contribution in [0.1, 0.15) is 34.0 Å². The summed E-state index contributed by atoms with van der Waals surface area (Å²) < 4.78 is 25.1. The molecule has 4 aromatic rings. The van der Waals surface area contributed by atoms with Crippen LogP contribution in [0, 0.1) is 0 Å². The van der Waals surface area contributed by atoms with E-state index in [1.54, 1.807) is 43.7 Å². The van der Waals surface area contributed by atoms with Crippen LogP contribution >= 0.6 is 31.9 Å². The van der Waals surface area contributed by atoms with Crippen LogP contribution in [0.15, 0.2) is 99.0 Å². The van der Waals surface area contributed by atoms with E-state index in [1.807, 2.05) is 61.5 Å². The Morgan fingerprint density at radius 1 is 0.825 bits per heavy atom. The van der Waals surface area contributed by atoms with E-state index in [2.05, 4.69) is 42.4 Å². The molecule has 0 spiro atoms. The zero-order valence-electron chi connectivity index (χ0n) is 22.0. The van der Waals surface area contributed by atoms with Crippen molar-refractivity contribution in [1.82, 2.24) is 5.43 Å². The van der Waals surface area contributed by atoms with Crippen molar-refractivity contribution in [2.75, 3.05) is 13.7 Å². The number of nitrogens with one attached hydrogen (secondary N) is 1. The molecule has 0 saturated carbocycles. The van der Waals surface area contributed by atoms with Gasteiger partial charge in [-0.05, 0) is 88.1 Å². The average Bonchev–Trinajstić information content (AvgIpc) is 2.97. The van der Waals surface area contributed by atoms with Crippen molar-refractivity contribution in [1.29, 1.82) is 0 Å². The van der Waals surface area contributed by atoms with Gasteiger partial charge in [-0.15, -0.1) is 0 Å². The number of carbonyl (C=O) groups excluding carboxylic acids is 1. The van der Waals surface area contributed by atoms with Crippen LogP contribution in [0.2, 0.25) is 0 Å². The lowest BCUT2D eigenvalue weighted by atomic mass is 10.2. The Balaban J connectivity index is 1.42. The van der Waals surface area contributed by atoms with Crippen LogP contribution in [0.25, 0.3) is 0 Å². The lowest BCUT2D eigenvalue weighted by molar-refractivity contribution is 0.0955. The number of hydrogen-bond donors (Lipinski definition) is 1. The largest absolute Gasteiger partial charge is 0.493 e. The van der Waals surface area contributed by atoms with Gasteiger partial charge >= 0.3 is 0 Å². The molecule has 0 heterocycles. The quantitative estimate of drug-likeness (QED) is 0.125. The van der Waals surface area contributed by atoms with Crippen LogP contribution in [0.3, 0.4) is 0 Å². The minimum atomic E-state index is -0.306. The van der Waals surface area contributed by atoms with E-state index in [4.69, 9.17) is 18.9 Å². The Bertz CT molecular complexity index is 1460. The Kier molecular flexibility index (Phi) is 10.6. The molecule has 0 unspecified atom stereocenters. The number of hydrogen-bond acceptors (Lipinski definition) is 6. The van der Waals surface area contributed by atoms with E-state index in [1.165, 1.54) is 0 Å². The highest BCUT2D eigenvalue weighted by molar-refractivity contribution is 9.10. The second-order valence-electron chi connectivity index (χ2n) is 8.52. The van der Waals surface area contributed by atoms with Gasteiger partial charge in [0.1, 0.15) is 13.2 Å². The van der Waals surface area contributed by atoms with Gasteiger partial charge in [-0.25, -0.2) is 5.43 Å². The number of carbonyl (C=O) groups is 1. The molecule has 0 aliphatic carbocycles. The molecule has 7 nitrogen and oxygen atoms in total. The number of amides is 1. The number of methoxy groups -OCH3 is 1. The molecule has 0 bridgehead atoms. The second kappa shape index (κ2) is 14.5. The van der Waals surface area contributed by atoms with Crippen molar-refractivity contribution in [2.24, 2.45) is 5.10 Å². The first kappa shape index (κ1) is 29.2. The van der Waals surface area contributed by atoms with Gasteiger partial charge in [-0.3, -0.25) is 4.79 Å². The predicted molar refractivity (Wildman–Crippen MR) is 163 cm³/mol. The molecule has 0 aliphatic heterocycles. The van der Waals surface area contributed by atoms with Crippen LogP contribution < -0.4 is 24.4 Å². The smallest absolute Gasteiger partial charge is 0.271 e. The lowest BCUT2D eigenvalue weighted by Gasteiger charge is -2.16. The summed E-state index contributed by atoms with van der Waals surface area (Å²) in [6.07, 6.45) is 1.55. The van der Waals surface area contributed by atoms with Crippen molar-refractivity contribution in [3.8, 4) is 23.0 Å². The number of hydrazone groups is 1. The van der Waals surface area contributed by atoms with E-state index in [0.29, 0.717) is 46.2 Å². The first-order valence-corrected chi connectivity index (χ1v) is 14.1. The lowest BCUT2D eigenvalue weighted by Crippen LogP contribution is -2.17. The van der Waals surface area contributed by atoms with Gasteiger partial charge in [0.2, 0.25) is 0 Å². The Hall–Kier alpha value is -3.82. The molecule has 1 N–H and O–H groups in total. The molecular formula is C31H28Br2N2O5. The number of rotatable bonds is 12. The molecule has 4 rings (SSSR count). The molecule has 40 heavy (non-hydrogen) atoms. The van der Waals surface area contributed by atoms with Crippen molar-refractivity contribution >= 4 is 44.0 Å². The average molecular weight is 668 g/mol. The highest BCUT2D eigenvalue weighted by Gasteiger charge is 2.14. The van der Waals surface area contributed by atoms with Gasteiger partial charge in [0.25, 0.3) is 5.91 Å². The summed E-state index contributed by atoms with van der Waals surface area (Å²) in [5.41, 5.74) is 5.75. The maximum absolute atomic E-state index is 12.3. The van der Waals surface area contributed by atoms with Crippen molar-refractivity contribution in [3.05, 3.63) is 116 Å². The number of ether oxygens (including phenoxy) is 4. The molecule has 9 heteroatoms. The molecule has 0 atom stereocenters. The summed E-state index contributed by atoms with van der Waals surface area (Å²) in [6.45, 7) is 3.08. The third-order valence-electron chi connectivity index (χ3n) is 5.67. The zero-order valence-corrected chi connectivity index (χ0v) is 25.2. The summed E-state index contributed by atoms with van der Waals surface area (Å²) >= 11 is 6.94. The fourth-order valence-corrected chi connectivity index (χ4v) is 4.55. The molecule has 0 aliphatic rings. The molecule has 1 amide bonds. The van der Waals surface area contributed by atoms with Crippen LogP contribution in [-0.4, -0.2) is 25.8 Å². The van der Waals surface area contributed by atoms with Gasteiger partial charge in [0.05, 0.1) is 24.4 Å². The van der Waals surface area contributed by atoms with Gasteiger partial charge in [-0.1, -0.05) is 52.3 Å². The topological polar surface area (TPSA) is 78.4 Å². The predicted octanol–water partition coefficient (Wildman–Crippen LogP) is 7.54. The first-order chi connectivity index (χ1) is 19.5. The Labute approximate surface area is 250 Å². The molecule has 0 fully saturated rings. The molecule has 0 aromatic heterocycles. The SMILES string of the molecule is CCOc1cc(/C=N/NC(=O)c2ccc(Br)cc2)cc(Br)c1OCc1ccc(OCc2ccccc2)c(OC)c1. The molecule has 206 valence electrons. The van der Waals surface area contributed by atoms with Crippen molar-refractivity contribution in [2.45, 2.75) is 20.1 Å². The van der Waals surface area contributed by atoms with Gasteiger partial charge in [-0.2, -0.15) is 5.10 Å². The maximum atomic E-state index is 12.3. The fourth-order valence-electron chi connectivity index (χ4n) is 3.71. The Morgan fingerprint density at radius 3 is 2.30 bits per heavy atom. The Morgan fingerprint density at radius 2 is 1.57 bits per heavy atom. The highest BCUT2D eigenvalue weighted by Crippen LogP contribution is 2.38. The maximum Gasteiger partial charge on any atom is 0.271 e. The zero-order chi connectivity index (χ0) is 28.3. The molecule has 0 saturated heterocycles. The number of benzene rings is 4. The van der Waals surface area contributed by atoms with E-state index < -0.39 is 0 Å². The monoisotopic (exact) mass is 666 g/mol. The van der Waals surface area contributed by atoms with Gasteiger partial charge in [0.15, 0.2) is 23.0 Å². The normalized spacial score (nSPS) is 10.8. The molecule has 4 aromatic carbocycles. The van der Waals surface area contributed by atoms with Crippen molar-refractivity contribution in [3.63, 3.8) is 0 Å². The number of nitrogens with zero attached hydrogens (tertiary/aromatic N) is 1. The van der Waals surface area contributed by atoms with Crippen LogP contribution in [-0.2, 0) is 13.2 Å². The van der Waals surface area contributed by atoms with Crippen LogP contribution in [0.4, 0.5) is 0 Å². The minimum absolute atomic E-state index is 0.282. The third kappa shape index (κ3) is 8.09. The summed E-state index contributed by atoms with van der Waals surface area (Å²) in [5, 5.41) is 4.09. The minimum Gasteiger partial charge on any atom is -0.493 e. The van der Waals surface area contributed by atoms with E-state index in [0.717, 1.165) is 21.2 Å². The van der Waals surface area contributed by atoms with E-state index in [-0.39, 0.29) is 12.5 Å². The summed E-state index contributed by atoms with van der Waals surface area (Å²) in [7, 11) is 1.61. The summed E-state index contributed by atoms with van der Waals surface area (Å²) in [6, 6.07) is 26.3. The van der Waals surface area contributed by atoms with Crippen LogP contribution in [0.5, 0.6) is 23.0 Å². The fraction of sp³-hybridized carbons (Fsp3) is 0.161. The summed E-state index contributed by atoms with van der Waals surface area (Å²) in [5.74, 6) is 2.08. The van der Waals surface area contributed by atoms with Crippen molar-refractivity contribution < 1.29 is 23.7 Å². The van der Waals surface area contributed by atoms with E-state index in [9.17, 15) is 4.79 Å². The summed E-state index contributed by atoms with van der Waals surface area (Å²) in [4.78, 5) is 12.3. The first-order valence-electron chi connectivity index (χ1n) is 12.5. The molecular weight excluding hydrogens is 640 g/mol. The highest BCUT2D eigenvalue weighted by atomic mass is 79.9.